The Morgan fingerprint density at radius 1 is 1.32 bits per heavy atom. The van der Waals surface area contributed by atoms with Gasteiger partial charge in [0.2, 0.25) is 15.9 Å². The first-order chi connectivity index (χ1) is 10.3. The summed E-state index contributed by atoms with van der Waals surface area (Å²) >= 11 is 0. The number of carbonyl (C=O) groups is 1. The molecule has 0 spiro atoms. The summed E-state index contributed by atoms with van der Waals surface area (Å²) in [4.78, 5) is 14.1. The molecule has 1 fully saturated rings. The summed E-state index contributed by atoms with van der Waals surface area (Å²) in [6, 6.07) is 8.16. The van der Waals surface area contributed by atoms with Gasteiger partial charge in [0, 0.05) is 25.6 Å². The summed E-state index contributed by atoms with van der Waals surface area (Å²) in [7, 11) is -3.17. The summed E-state index contributed by atoms with van der Waals surface area (Å²) in [5, 5.41) is 0. The van der Waals surface area contributed by atoms with E-state index in [0.29, 0.717) is 32.4 Å². The minimum atomic E-state index is -3.17. The van der Waals surface area contributed by atoms with Gasteiger partial charge in [-0.3, -0.25) is 4.79 Å². The monoisotopic (exact) mass is 324 g/mol. The van der Waals surface area contributed by atoms with E-state index in [-0.39, 0.29) is 11.9 Å². The Balaban J connectivity index is 1.78. The highest BCUT2D eigenvalue weighted by Gasteiger charge is 2.24. The van der Waals surface area contributed by atoms with E-state index in [1.54, 1.807) is 0 Å². The van der Waals surface area contributed by atoms with Crippen LogP contribution < -0.4 is 4.72 Å². The van der Waals surface area contributed by atoms with Gasteiger partial charge in [0.05, 0.1) is 6.26 Å². The molecular weight excluding hydrogens is 300 g/mol. The standard InChI is InChI=1S/C16H24N2O3S/c1-13-4-3-5-14(12-13)6-7-16(19)18-10-8-15(9-11-18)17-22(2,20)21/h3-5,12,15,17H,6-11H2,1-2H3. The third kappa shape index (κ3) is 5.42. The van der Waals surface area contributed by atoms with Crippen molar-refractivity contribution in [2.45, 2.75) is 38.6 Å². The van der Waals surface area contributed by atoms with Crippen molar-refractivity contribution in [1.29, 1.82) is 0 Å². The van der Waals surface area contributed by atoms with E-state index in [2.05, 4.69) is 10.8 Å². The first-order valence-electron chi connectivity index (χ1n) is 7.64. The van der Waals surface area contributed by atoms with Crippen LogP contribution in [-0.2, 0) is 21.2 Å². The second kappa shape index (κ2) is 7.24. The lowest BCUT2D eigenvalue weighted by Gasteiger charge is -2.32. The van der Waals surface area contributed by atoms with Crippen LogP contribution in [0, 0.1) is 6.92 Å². The number of hydrogen-bond donors (Lipinski definition) is 1. The van der Waals surface area contributed by atoms with Crippen molar-refractivity contribution in [3.8, 4) is 0 Å². The number of hydrogen-bond acceptors (Lipinski definition) is 3. The number of piperidine rings is 1. The number of rotatable bonds is 5. The maximum Gasteiger partial charge on any atom is 0.222 e. The lowest BCUT2D eigenvalue weighted by atomic mass is 10.0. The Morgan fingerprint density at radius 2 is 2.00 bits per heavy atom. The van der Waals surface area contributed by atoms with Crippen molar-refractivity contribution < 1.29 is 13.2 Å². The Kier molecular flexibility index (Phi) is 5.58. The minimum Gasteiger partial charge on any atom is -0.343 e. The van der Waals surface area contributed by atoms with Crippen LogP contribution in [-0.4, -0.2) is 44.6 Å². The van der Waals surface area contributed by atoms with Gasteiger partial charge in [0.1, 0.15) is 0 Å². The molecule has 2 rings (SSSR count). The van der Waals surface area contributed by atoms with E-state index >= 15 is 0 Å². The molecule has 0 aromatic heterocycles. The SMILES string of the molecule is Cc1cccc(CCC(=O)N2CCC(NS(C)(=O)=O)CC2)c1. The van der Waals surface area contributed by atoms with Crippen molar-refractivity contribution in [3.05, 3.63) is 35.4 Å². The van der Waals surface area contributed by atoms with Gasteiger partial charge in [0.25, 0.3) is 0 Å². The van der Waals surface area contributed by atoms with Gasteiger partial charge in [0.15, 0.2) is 0 Å². The molecular formula is C16H24N2O3S. The number of amides is 1. The lowest BCUT2D eigenvalue weighted by Crippen LogP contribution is -2.46. The Hall–Kier alpha value is -1.40. The van der Waals surface area contributed by atoms with E-state index in [0.717, 1.165) is 6.42 Å². The first kappa shape index (κ1) is 17.0. The molecule has 0 atom stereocenters. The number of aryl methyl sites for hydroxylation is 2. The molecule has 1 saturated heterocycles. The lowest BCUT2D eigenvalue weighted by molar-refractivity contribution is -0.132. The van der Waals surface area contributed by atoms with Crippen molar-refractivity contribution in [3.63, 3.8) is 0 Å². The maximum absolute atomic E-state index is 12.2. The third-order valence-electron chi connectivity index (χ3n) is 3.94. The number of likely N-dealkylation sites (tertiary alicyclic amines) is 1. The van der Waals surface area contributed by atoms with E-state index < -0.39 is 10.0 Å². The second-order valence-corrected chi connectivity index (χ2v) is 7.81. The number of nitrogens with one attached hydrogen (secondary N) is 1. The molecule has 1 amide bonds. The normalized spacial score (nSPS) is 16.7. The molecule has 122 valence electrons. The van der Waals surface area contributed by atoms with Crippen LogP contribution in [0.25, 0.3) is 0 Å². The Labute approximate surface area is 132 Å². The fourth-order valence-electron chi connectivity index (χ4n) is 2.83. The van der Waals surface area contributed by atoms with Crippen molar-refractivity contribution in [1.82, 2.24) is 9.62 Å². The average Bonchev–Trinajstić information content (AvgIpc) is 2.44. The van der Waals surface area contributed by atoms with Gasteiger partial charge in [-0.2, -0.15) is 0 Å². The van der Waals surface area contributed by atoms with Gasteiger partial charge in [-0.25, -0.2) is 13.1 Å². The van der Waals surface area contributed by atoms with Crippen molar-refractivity contribution >= 4 is 15.9 Å². The quantitative estimate of drug-likeness (QED) is 0.892. The van der Waals surface area contributed by atoms with Crippen LogP contribution in [0.1, 0.15) is 30.4 Å². The van der Waals surface area contributed by atoms with E-state index in [9.17, 15) is 13.2 Å². The highest BCUT2D eigenvalue weighted by atomic mass is 32.2. The Bertz CT molecular complexity index is 620. The van der Waals surface area contributed by atoms with E-state index in [1.165, 1.54) is 17.4 Å². The fraction of sp³-hybridized carbons (Fsp3) is 0.562. The Morgan fingerprint density at radius 3 is 2.59 bits per heavy atom. The van der Waals surface area contributed by atoms with Crippen molar-refractivity contribution in [2.24, 2.45) is 0 Å². The second-order valence-electron chi connectivity index (χ2n) is 6.03. The van der Waals surface area contributed by atoms with Gasteiger partial charge < -0.3 is 4.90 Å². The zero-order valence-electron chi connectivity index (χ0n) is 13.2. The van der Waals surface area contributed by atoms with E-state index in [1.807, 2.05) is 30.0 Å². The molecule has 0 radical (unpaired) electrons. The number of carbonyl (C=O) groups excluding carboxylic acids is 1. The smallest absolute Gasteiger partial charge is 0.222 e. The summed E-state index contributed by atoms with van der Waals surface area (Å²) < 4.78 is 25.0. The zero-order chi connectivity index (χ0) is 16.2. The third-order valence-corrected chi connectivity index (χ3v) is 4.70. The number of nitrogens with zero attached hydrogens (tertiary/aromatic N) is 1. The zero-order valence-corrected chi connectivity index (χ0v) is 14.0. The predicted molar refractivity (Wildman–Crippen MR) is 87.1 cm³/mol. The average molecular weight is 324 g/mol. The van der Waals surface area contributed by atoms with Crippen LogP contribution in [0.5, 0.6) is 0 Å². The van der Waals surface area contributed by atoms with Crippen LogP contribution in [0.2, 0.25) is 0 Å². The molecule has 1 heterocycles. The van der Waals surface area contributed by atoms with Crippen LogP contribution in [0.15, 0.2) is 24.3 Å². The molecule has 0 unspecified atom stereocenters. The molecule has 22 heavy (non-hydrogen) atoms. The maximum atomic E-state index is 12.2. The first-order valence-corrected chi connectivity index (χ1v) is 9.53. The summed E-state index contributed by atoms with van der Waals surface area (Å²) in [5.74, 6) is 0.152. The van der Waals surface area contributed by atoms with Crippen LogP contribution >= 0.6 is 0 Å². The summed E-state index contributed by atoms with van der Waals surface area (Å²) in [6.45, 7) is 3.30. The molecule has 1 aromatic rings. The molecule has 0 aliphatic carbocycles. The van der Waals surface area contributed by atoms with Crippen molar-refractivity contribution in [2.75, 3.05) is 19.3 Å². The van der Waals surface area contributed by atoms with Crippen LogP contribution in [0.4, 0.5) is 0 Å². The summed E-state index contributed by atoms with van der Waals surface area (Å²) in [6.07, 6.45) is 3.80. The highest BCUT2D eigenvalue weighted by Crippen LogP contribution is 2.14. The minimum absolute atomic E-state index is 0.0455. The molecule has 1 aliphatic rings. The molecule has 1 N–H and O–H groups in total. The largest absolute Gasteiger partial charge is 0.343 e. The molecule has 6 heteroatoms. The summed E-state index contributed by atoms with van der Waals surface area (Å²) in [5.41, 5.74) is 2.39. The topological polar surface area (TPSA) is 66.5 Å². The van der Waals surface area contributed by atoms with E-state index in [4.69, 9.17) is 0 Å². The molecule has 5 nitrogen and oxygen atoms in total. The molecule has 1 aromatic carbocycles. The van der Waals surface area contributed by atoms with Gasteiger partial charge in [-0.15, -0.1) is 0 Å². The van der Waals surface area contributed by atoms with Crippen LogP contribution in [0.3, 0.4) is 0 Å². The molecule has 0 bridgehead atoms. The van der Waals surface area contributed by atoms with Gasteiger partial charge in [-0.05, 0) is 31.7 Å². The highest BCUT2D eigenvalue weighted by molar-refractivity contribution is 7.88. The van der Waals surface area contributed by atoms with Gasteiger partial charge in [-0.1, -0.05) is 29.8 Å². The number of benzene rings is 1. The predicted octanol–water partition coefficient (Wildman–Crippen LogP) is 1.47. The van der Waals surface area contributed by atoms with Gasteiger partial charge >= 0.3 is 0 Å². The molecule has 0 saturated carbocycles. The number of sulfonamides is 1. The fourth-order valence-corrected chi connectivity index (χ4v) is 3.67. The molecule has 1 aliphatic heterocycles.